The molecule has 0 fully saturated rings. The van der Waals surface area contributed by atoms with Crippen LogP contribution in [0.3, 0.4) is 0 Å². The number of carbonyl (C=O) groups is 1. The Morgan fingerprint density at radius 1 is 1.40 bits per heavy atom. The molecular formula is C11H23NO3. The van der Waals surface area contributed by atoms with Crippen LogP contribution in [0, 0.1) is 0 Å². The van der Waals surface area contributed by atoms with E-state index in [9.17, 15) is 4.79 Å². The molecule has 2 atom stereocenters. The van der Waals surface area contributed by atoms with Gasteiger partial charge in [0.05, 0.1) is 12.5 Å². The van der Waals surface area contributed by atoms with Gasteiger partial charge in [0.2, 0.25) is 0 Å². The average molecular weight is 217 g/mol. The summed E-state index contributed by atoms with van der Waals surface area (Å²) < 4.78 is 10.4. The van der Waals surface area contributed by atoms with E-state index in [0.29, 0.717) is 0 Å². The standard InChI is InChI=1S/C11H23NO3/c1-8(12-5)9(14-6)7-10(13)15-11(2,3)4/h8-9,12H,7H2,1-6H3/t8-,9+/m0/s1. The Kier molecular flexibility index (Phi) is 5.83. The Balaban J connectivity index is 4.13. The van der Waals surface area contributed by atoms with E-state index in [1.54, 1.807) is 7.11 Å². The largest absolute Gasteiger partial charge is 0.460 e. The summed E-state index contributed by atoms with van der Waals surface area (Å²) in [7, 11) is 3.44. The molecule has 4 nitrogen and oxygen atoms in total. The van der Waals surface area contributed by atoms with E-state index in [-0.39, 0.29) is 24.5 Å². The van der Waals surface area contributed by atoms with Crippen LogP contribution in [0.2, 0.25) is 0 Å². The predicted molar refractivity (Wildman–Crippen MR) is 59.8 cm³/mol. The maximum Gasteiger partial charge on any atom is 0.309 e. The fraction of sp³-hybridized carbons (Fsp3) is 0.909. The Bertz CT molecular complexity index is 198. The third kappa shape index (κ3) is 6.47. The van der Waals surface area contributed by atoms with Crippen LogP contribution in [0.15, 0.2) is 0 Å². The molecule has 0 aliphatic carbocycles. The molecule has 0 aromatic carbocycles. The number of ether oxygens (including phenoxy) is 2. The van der Waals surface area contributed by atoms with Gasteiger partial charge in [0.1, 0.15) is 5.60 Å². The molecule has 90 valence electrons. The number of likely N-dealkylation sites (N-methyl/N-ethyl adjacent to an activating group) is 1. The molecule has 0 spiro atoms. The molecule has 0 unspecified atom stereocenters. The van der Waals surface area contributed by atoms with Crippen LogP contribution in [0.5, 0.6) is 0 Å². The van der Waals surface area contributed by atoms with Crippen molar-refractivity contribution in [3.05, 3.63) is 0 Å². The van der Waals surface area contributed by atoms with Gasteiger partial charge < -0.3 is 14.8 Å². The van der Waals surface area contributed by atoms with Crippen molar-refractivity contribution >= 4 is 5.97 Å². The van der Waals surface area contributed by atoms with Crippen LogP contribution in [0.25, 0.3) is 0 Å². The van der Waals surface area contributed by atoms with E-state index in [2.05, 4.69) is 5.32 Å². The van der Waals surface area contributed by atoms with Crippen LogP contribution in [0.1, 0.15) is 34.1 Å². The molecular weight excluding hydrogens is 194 g/mol. The lowest BCUT2D eigenvalue weighted by Crippen LogP contribution is -2.39. The van der Waals surface area contributed by atoms with Crippen LogP contribution in [-0.2, 0) is 14.3 Å². The monoisotopic (exact) mass is 217 g/mol. The topological polar surface area (TPSA) is 47.6 Å². The highest BCUT2D eigenvalue weighted by Crippen LogP contribution is 2.11. The van der Waals surface area contributed by atoms with Crippen LogP contribution in [-0.4, -0.2) is 37.9 Å². The summed E-state index contributed by atoms with van der Waals surface area (Å²) >= 11 is 0. The van der Waals surface area contributed by atoms with E-state index >= 15 is 0 Å². The fourth-order valence-electron chi connectivity index (χ4n) is 1.20. The molecule has 0 aliphatic heterocycles. The van der Waals surface area contributed by atoms with Gasteiger partial charge >= 0.3 is 5.97 Å². The predicted octanol–water partition coefficient (Wildman–Crippen LogP) is 1.34. The number of carbonyl (C=O) groups excluding carboxylic acids is 1. The number of methoxy groups -OCH3 is 1. The first-order chi connectivity index (χ1) is 6.80. The van der Waals surface area contributed by atoms with Gasteiger partial charge in [0, 0.05) is 13.2 Å². The third-order valence-electron chi connectivity index (χ3n) is 2.10. The summed E-state index contributed by atoms with van der Waals surface area (Å²) in [5.74, 6) is -0.226. The molecule has 0 saturated heterocycles. The molecule has 4 heteroatoms. The lowest BCUT2D eigenvalue weighted by atomic mass is 10.1. The molecule has 0 rings (SSSR count). The van der Waals surface area contributed by atoms with Gasteiger partial charge in [-0.3, -0.25) is 4.79 Å². The van der Waals surface area contributed by atoms with E-state index in [4.69, 9.17) is 9.47 Å². The summed E-state index contributed by atoms with van der Waals surface area (Å²) in [6.45, 7) is 7.54. The Morgan fingerprint density at radius 2 is 1.93 bits per heavy atom. The summed E-state index contributed by atoms with van der Waals surface area (Å²) in [5, 5.41) is 3.05. The van der Waals surface area contributed by atoms with Crippen molar-refractivity contribution in [1.82, 2.24) is 5.32 Å². The first-order valence-corrected chi connectivity index (χ1v) is 5.22. The molecule has 15 heavy (non-hydrogen) atoms. The second kappa shape index (κ2) is 6.08. The smallest absolute Gasteiger partial charge is 0.309 e. The van der Waals surface area contributed by atoms with Crippen molar-refractivity contribution in [2.75, 3.05) is 14.2 Å². The molecule has 0 bridgehead atoms. The number of hydrogen-bond acceptors (Lipinski definition) is 4. The first-order valence-electron chi connectivity index (χ1n) is 5.22. The maximum atomic E-state index is 11.5. The molecule has 0 heterocycles. The van der Waals surface area contributed by atoms with Gasteiger partial charge in [0.25, 0.3) is 0 Å². The van der Waals surface area contributed by atoms with Crippen LogP contribution in [0.4, 0.5) is 0 Å². The highest BCUT2D eigenvalue weighted by molar-refractivity contribution is 5.70. The van der Waals surface area contributed by atoms with Gasteiger partial charge in [-0.15, -0.1) is 0 Å². The maximum absolute atomic E-state index is 11.5. The van der Waals surface area contributed by atoms with Gasteiger partial charge in [-0.05, 0) is 34.7 Å². The highest BCUT2D eigenvalue weighted by Gasteiger charge is 2.23. The minimum Gasteiger partial charge on any atom is -0.460 e. The van der Waals surface area contributed by atoms with E-state index in [1.807, 2.05) is 34.7 Å². The molecule has 0 amide bonds. The molecule has 0 saturated carbocycles. The van der Waals surface area contributed by atoms with Crippen molar-refractivity contribution < 1.29 is 14.3 Å². The first kappa shape index (κ1) is 14.4. The summed E-state index contributed by atoms with van der Waals surface area (Å²) in [6, 6.07) is 0.127. The number of hydrogen-bond donors (Lipinski definition) is 1. The molecule has 0 radical (unpaired) electrons. The van der Waals surface area contributed by atoms with Gasteiger partial charge in [-0.2, -0.15) is 0 Å². The SMILES string of the molecule is CN[C@@H](C)[C@@H](CC(=O)OC(C)(C)C)OC. The van der Waals surface area contributed by atoms with Crippen molar-refractivity contribution in [3.8, 4) is 0 Å². The Labute approximate surface area is 92.3 Å². The summed E-state index contributed by atoms with van der Waals surface area (Å²) in [5.41, 5.74) is -0.432. The molecule has 0 aromatic rings. The number of esters is 1. The molecule has 0 aliphatic rings. The van der Waals surface area contributed by atoms with Crippen molar-refractivity contribution in [2.45, 2.75) is 51.9 Å². The summed E-state index contributed by atoms with van der Waals surface area (Å²) in [6.07, 6.45) is 0.125. The average Bonchev–Trinajstić information content (AvgIpc) is 2.10. The quantitative estimate of drug-likeness (QED) is 0.706. The third-order valence-corrected chi connectivity index (χ3v) is 2.10. The number of nitrogens with one attached hydrogen (secondary N) is 1. The highest BCUT2D eigenvalue weighted by atomic mass is 16.6. The van der Waals surface area contributed by atoms with Crippen molar-refractivity contribution in [3.63, 3.8) is 0 Å². The van der Waals surface area contributed by atoms with E-state index in [0.717, 1.165) is 0 Å². The van der Waals surface area contributed by atoms with Crippen molar-refractivity contribution in [1.29, 1.82) is 0 Å². The fourth-order valence-corrected chi connectivity index (χ4v) is 1.20. The van der Waals surface area contributed by atoms with Gasteiger partial charge in [0.15, 0.2) is 0 Å². The molecule has 0 aromatic heterocycles. The molecule has 1 N–H and O–H groups in total. The van der Waals surface area contributed by atoms with E-state index in [1.165, 1.54) is 0 Å². The Hall–Kier alpha value is -0.610. The van der Waals surface area contributed by atoms with Crippen LogP contribution < -0.4 is 5.32 Å². The number of rotatable bonds is 5. The normalized spacial score (nSPS) is 15.9. The van der Waals surface area contributed by atoms with Gasteiger partial charge in [-0.1, -0.05) is 0 Å². The lowest BCUT2D eigenvalue weighted by Gasteiger charge is -2.24. The second-order valence-electron chi connectivity index (χ2n) is 4.64. The lowest BCUT2D eigenvalue weighted by molar-refractivity contribution is -0.158. The minimum absolute atomic E-state index is 0.127. The zero-order valence-corrected chi connectivity index (χ0v) is 10.6. The zero-order valence-electron chi connectivity index (χ0n) is 10.6. The minimum atomic E-state index is -0.432. The summed E-state index contributed by atoms with van der Waals surface area (Å²) in [4.78, 5) is 11.5. The Morgan fingerprint density at radius 3 is 2.27 bits per heavy atom. The second-order valence-corrected chi connectivity index (χ2v) is 4.64. The van der Waals surface area contributed by atoms with Crippen molar-refractivity contribution in [2.24, 2.45) is 0 Å². The van der Waals surface area contributed by atoms with E-state index < -0.39 is 5.60 Å². The van der Waals surface area contributed by atoms with Gasteiger partial charge in [-0.25, -0.2) is 0 Å². The van der Waals surface area contributed by atoms with Crippen LogP contribution >= 0.6 is 0 Å². The zero-order chi connectivity index (χ0) is 12.1.